The number of amides is 2. The van der Waals surface area contributed by atoms with E-state index in [0.29, 0.717) is 6.54 Å². The van der Waals surface area contributed by atoms with Gasteiger partial charge in [0.15, 0.2) is 11.4 Å². The van der Waals surface area contributed by atoms with Gasteiger partial charge in [-0.25, -0.2) is 9.59 Å². The van der Waals surface area contributed by atoms with Gasteiger partial charge in [0.1, 0.15) is 0 Å². The van der Waals surface area contributed by atoms with Gasteiger partial charge in [0.25, 0.3) is 0 Å². The Bertz CT molecular complexity index is 948. The fraction of sp³-hybridized carbons (Fsp3) is 0.652. The molecule has 6 rings (SSSR count). The fourth-order valence-electron chi connectivity index (χ4n) is 6.94. The van der Waals surface area contributed by atoms with E-state index in [9.17, 15) is 19.2 Å². The lowest BCUT2D eigenvalue weighted by Gasteiger charge is -2.63. The molecule has 2 bridgehead atoms. The number of nitrogens with zero attached hydrogens (tertiary/aromatic N) is 3. The maximum Gasteiger partial charge on any atom is 0.354 e. The largest absolute Gasteiger partial charge is 0.464 e. The third kappa shape index (κ3) is 3.02. The van der Waals surface area contributed by atoms with E-state index >= 15 is 0 Å². The van der Waals surface area contributed by atoms with Gasteiger partial charge in [0.2, 0.25) is 11.8 Å². The molecular weight excluding hydrogens is 442 g/mol. The van der Waals surface area contributed by atoms with Crippen LogP contribution in [0.3, 0.4) is 0 Å². The maximum absolute atomic E-state index is 13.4. The lowest BCUT2D eigenvalue weighted by Crippen LogP contribution is -2.68. The Kier molecular flexibility index (Phi) is 5.38. The highest BCUT2D eigenvalue weighted by molar-refractivity contribution is 6.55. The summed E-state index contributed by atoms with van der Waals surface area (Å²) in [6, 6.07) is 1.05. The third-order valence-corrected chi connectivity index (χ3v) is 9.52. The van der Waals surface area contributed by atoms with Gasteiger partial charge in [-0.3, -0.25) is 14.5 Å². The number of carbonyl (C=O) groups is 4. The summed E-state index contributed by atoms with van der Waals surface area (Å²) in [5.41, 5.74) is 0.367. The first-order valence-corrected chi connectivity index (χ1v) is 14.2. The van der Waals surface area contributed by atoms with Crippen LogP contribution < -0.4 is 0 Å². The Labute approximate surface area is 193 Å². The SMILES string of the molecule is COC(=O)C1=NN=C(C(=O)OC)C2C1C1C3C=CC(C4C(=O)N(CCC[Si](C)C)C(=O)C34)C21. The Morgan fingerprint density at radius 3 is 1.73 bits per heavy atom. The van der Waals surface area contributed by atoms with Crippen LogP contribution >= 0.6 is 0 Å². The van der Waals surface area contributed by atoms with E-state index in [-0.39, 0.29) is 58.7 Å². The lowest BCUT2D eigenvalue weighted by atomic mass is 9.38. The predicted molar refractivity (Wildman–Crippen MR) is 120 cm³/mol. The van der Waals surface area contributed by atoms with Crippen molar-refractivity contribution in [1.29, 1.82) is 0 Å². The Morgan fingerprint density at radius 1 is 0.879 bits per heavy atom. The van der Waals surface area contributed by atoms with Crippen LogP contribution in [-0.2, 0) is 28.7 Å². The molecule has 0 aromatic carbocycles. The quantitative estimate of drug-likeness (QED) is 0.249. The van der Waals surface area contributed by atoms with Gasteiger partial charge >= 0.3 is 11.9 Å². The van der Waals surface area contributed by atoms with Crippen molar-refractivity contribution >= 4 is 44.0 Å². The molecule has 1 saturated heterocycles. The van der Waals surface area contributed by atoms with Gasteiger partial charge in [-0.1, -0.05) is 31.3 Å². The number of carbonyl (C=O) groups excluding carboxylic acids is 4. The van der Waals surface area contributed by atoms with Gasteiger partial charge < -0.3 is 9.47 Å². The normalized spacial score (nSPS) is 37.7. The molecule has 33 heavy (non-hydrogen) atoms. The van der Waals surface area contributed by atoms with Crippen LogP contribution in [0.1, 0.15) is 6.42 Å². The van der Waals surface area contributed by atoms with E-state index in [2.05, 4.69) is 23.3 Å². The molecule has 6 aliphatic rings. The van der Waals surface area contributed by atoms with Crippen LogP contribution in [0.2, 0.25) is 19.1 Å². The minimum absolute atomic E-state index is 0.0722. The molecule has 3 fully saturated rings. The molecule has 2 amide bonds. The van der Waals surface area contributed by atoms with Crippen molar-refractivity contribution in [3.05, 3.63) is 12.2 Å². The second-order valence-electron chi connectivity index (χ2n) is 9.89. The van der Waals surface area contributed by atoms with Crippen molar-refractivity contribution in [3.63, 3.8) is 0 Å². The first-order valence-electron chi connectivity index (χ1n) is 11.5. The van der Waals surface area contributed by atoms with Crippen molar-refractivity contribution in [3.8, 4) is 0 Å². The smallest absolute Gasteiger partial charge is 0.354 e. The topological polar surface area (TPSA) is 115 Å². The summed E-state index contributed by atoms with van der Waals surface area (Å²) in [4.78, 5) is 53.2. The van der Waals surface area contributed by atoms with E-state index in [0.717, 1.165) is 12.5 Å². The Hall–Kier alpha value is -2.62. The highest BCUT2D eigenvalue weighted by atomic mass is 28.3. The number of imide groups is 1. The van der Waals surface area contributed by atoms with Gasteiger partial charge in [-0.2, -0.15) is 0 Å². The zero-order chi connectivity index (χ0) is 23.6. The highest BCUT2D eigenvalue weighted by Crippen LogP contribution is 2.67. The van der Waals surface area contributed by atoms with Crippen LogP contribution in [0.25, 0.3) is 0 Å². The van der Waals surface area contributed by atoms with E-state index < -0.39 is 32.6 Å². The lowest BCUT2D eigenvalue weighted by molar-refractivity contribution is -0.147. The summed E-state index contributed by atoms with van der Waals surface area (Å²) in [5.74, 6) is -3.45. The molecule has 0 N–H and O–H groups in total. The van der Waals surface area contributed by atoms with Crippen molar-refractivity contribution in [2.24, 2.45) is 57.5 Å². The molecule has 1 radical (unpaired) electrons. The number of allylic oxidation sites excluding steroid dienone is 2. The zero-order valence-corrected chi connectivity index (χ0v) is 20.2. The molecule has 0 aromatic heterocycles. The summed E-state index contributed by atoms with van der Waals surface area (Å²) in [6.45, 7) is 4.91. The summed E-state index contributed by atoms with van der Waals surface area (Å²) >= 11 is 0. The number of likely N-dealkylation sites (tertiary alicyclic amines) is 1. The second-order valence-corrected chi connectivity index (χ2v) is 12.8. The standard InChI is InChI=1S/C23H28N3O6Si/c1-31-22(29)18-16-12-10-6-7-11(13(12)17(16)19(25-24-18)23(30)32-2)15-14(10)20(27)26(21(15)28)8-5-9-33(3)4/h6-7,10-17H,5,8-9H2,1-4H3. The number of hydrogen-bond donors (Lipinski definition) is 0. The molecule has 2 aliphatic heterocycles. The minimum Gasteiger partial charge on any atom is -0.464 e. The maximum atomic E-state index is 13.4. The second kappa shape index (κ2) is 8.00. The van der Waals surface area contributed by atoms with Crippen LogP contribution in [0.5, 0.6) is 0 Å². The third-order valence-electron chi connectivity index (χ3n) is 8.17. The van der Waals surface area contributed by atoms with Crippen molar-refractivity contribution < 1.29 is 28.7 Å². The molecule has 4 aliphatic carbocycles. The molecule has 8 atom stereocenters. The van der Waals surface area contributed by atoms with E-state index in [1.807, 2.05) is 12.2 Å². The predicted octanol–water partition coefficient (Wildman–Crippen LogP) is 1.18. The van der Waals surface area contributed by atoms with E-state index in [1.165, 1.54) is 19.1 Å². The minimum atomic E-state index is -0.578. The molecular formula is C23H28N3O6Si. The number of esters is 2. The van der Waals surface area contributed by atoms with Crippen LogP contribution in [-0.4, -0.2) is 69.6 Å². The highest BCUT2D eigenvalue weighted by Gasteiger charge is 2.72. The Morgan fingerprint density at radius 2 is 1.33 bits per heavy atom. The number of hydrogen-bond acceptors (Lipinski definition) is 8. The van der Waals surface area contributed by atoms with Crippen molar-refractivity contribution in [2.75, 3.05) is 20.8 Å². The van der Waals surface area contributed by atoms with Gasteiger partial charge in [-0.15, -0.1) is 10.2 Å². The number of methoxy groups -OCH3 is 2. The number of ether oxygens (including phenoxy) is 2. The van der Waals surface area contributed by atoms with Crippen LogP contribution in [0.15, 0.2) is 22.4 Å². The number of fused-ring (bicyclic) bond motifs is 1. The molecule has 175 valence electrons. The molecule has 8 unspecified atom stereocenters. The molecule has 9 nitrogen and oxygen atoms in total. The summed E-state index contributed by atoms with van der Waals surface area (Å²) in [7, 11) is 2.15. The summed E-state index contributed by atoms with van der Waals surface area (Å²) in [5, 5.41) is 8.09. The summed E-state index contributed by atoms with van der Waals surface area (Å²) in [6.07, 6.45) is 4.91. The molecule has 2 saturated carbocycles. The molecule has 0 aromatic rings. The molecule has 2 heterocycles. The monoisotopic (exact) mass is 470 g/mol. The van der Waals surface area contributed by atoms with E-state index in [4.69, 9.17) is 9.47 Å². The Balaban J connectivity index is 1.48. The van der Waals surface area contributed by atoms with Gasteiger partial charge in [0.05, 0.1) is 26.1 Å². The van der Waals surface area contributed by atoms with Crippen LogP contribution in [0, 0.1) is 47.3 Å². The van der Waals surface area contributed by atoms with Crippen LogP contribution in [0.4, 0.5) is 0 Å². The summed E-state index contributed by atoms with van der Waals surface area (Å²) < 4.78 is 9.86. The zero-order valence-electron chi connectivity index (χ0n) is 19.2. The average molecular weight is 471 g/mol. The molecule has 10 heteroatoms. The van der Waals surface area contributed by atoms with Gasteiger partial charge in [0, 0.05) is 27.2 Å². The number of rotatable bonds is 6. The van der Waals surface area contributed by atoms with Crippen molar-refractivity contribution in [2.45, 2.75) is 25.6 Å². The average Bonchev–Trinajstić information content (AvgIpc) is 3.06. The van der Waals surface area contributed by atoms with E-state index in [1.54, 1.807) is 0 Å². The first kappa shape index (κ1) is 22.2. The first-order chi connectivity index (χ1) is 15.8. The fourth-order valence-corrected chi connectivity index (χ4v) is 7.80. The van der Waals surface area contributed by atoms with Gasteiger partial charge in [-0.05, 0) is 30.1 Å². The van der Waals surface area contributed by atoms with Crippen molar-refractivity contribution in [1.82, 2.24) is 4.90 Å². The molecule has 0 spiro atoms.